The van der Waals surface area contributed by atoms with E-state index in [9.17, 15) is 9.59 Å². The highest BCUT2D eigenvalue weighted by Crippen LogP contribution is 2.21. The van der Waals surface area contributed by atoms with Crippen molar-refractivity contribution >= 4 is 11.8 Å². The molecule has 0 radical (unpaired) electrons. The molecule has 7 nitrogen and oxygen atoms in total. The van der Waals surface area contributed by atoms with Crippen molar-refractivity contribution in [3.05, 3.63) is 71.7 Å². The molecule has 0 unspecified atom stereocenters. The number of carbonyl (C=O) groups is 2. The summed E-state index contributed by atoms with van der Waals surface area (Å²) in [6, 6.07) is 13.5. The van der Waals surface area contributed by atoms with Crippen molar-refractivity contribution in [2.24, 2.45) is 5.92 Å². The van der Waals surface area contributed by atoms with Crippen LogP contribution in [-0.2, 0) is 11.3 Å². The fraction of sp³-hybridized carbons (Fsp3) is 0.304. The molecule has 1 fully saturated rings. The van der Waals surface area contributed by atoms with Crippen LogP contribution >= 0.6 is 0 Å². The Hall–Kier alpha value is -3.48. The van der Waals surface area contributed by atoms with E-state index in [-0.39, 0.29) is 17.7 Å². The maximum atomic E-state index is 12.9. The highest BCUT2D eigenvalue weighted by molar-refractivity contribution is 5.94. The fourth-order valence-corrected chi connectivity index (χ4v) is 3.80. The van der Waals surface area contributed by atoms with Gasteiger partial charge in [-0.3, -0.25) is 19.7 Å². The Morgan fingerprint density at radius 2 is 2.03 bits per heavy atom. The van der Waals surface area contributed by atoms with Gasteiger partial charge in [0.05, 0.1) is 11.6 Å². The van der Waals surface area contributed by atoms with Crippen molar-refractivity contribution in [2.75, 3.05) is 13.1 Å². The number of nitrogens with one attached hydrogen (secondary N) is 2. The number of amides is 2. The number of nitrogens with zero attached hydrogens (tertiary/aromatic N) is 3. The molecule has 2 aromatic heterocycles. The largest absolute Gasteiger partial charge is 0.352 e. The molecule has 1 aromatic carbocycles. The van der Waals surface area contributed by atoms with Crippen LogP contribution in [0, 0.1) is 12.8 Å². The Labute approximate surface area is 175 Å². The van der Waals surface area contributed by atoms with E-state index >= 15 is 0 Å². The highest BCUT2D eigenvalue weighted by Gasteiger charge is 2.29. The van der Waals surface area contributed by atoms with Crippen LogP contribution in [0.5, 0.6) is 0 Å². The van der Waals surface area contributed by atoms with Gasteiger partial charge in [-0.25, -0.2) is 0 Å². The molecule has 4 rings (SSSR count). The predicted molar refractivity (Wildman–Crippen MR) is 113 cm³/mol. The summed E-state index contributed by atoms with van der Waals surface area (Å²) in [5, 5.41) is 10.1. The van der Waals surface area contributed by atoms with Gasteiger partial charge in [0.2, 0.25) is 5.91 Å². The molecule has 0 saturated carbocycles. The van der Waals surface area contributed by atoms with Crippen LogP contribution in [0.2, 0.25) is 0 Å². The van der Waals surface area contributed by atoms with Gasteiger partial charge in [-0.2, -0.15) is 5.10 Å². The molecule has 2 N–H and O–H groups in total. The molecule has 0 spiro atoms. The monoisotopic (exact) mass is 403 g/mol. The van der Waals surface area contributed by atoms with Gasteiger partial charge in [0.1, 0.15) is 5.69 Å². The average molecular weight is 403 g/mol. The van der Waals surface area contributed by atoms with E-state index in [2.05, 4.69) is 26.6 Å². The van der Waals surface area contributed by atoms with E-state index in [1.807, 2.05) is 37.3 Å². The first kappa shape index (κ1) is 19.8. The summed E-state index contributed by atoms with van der Waals surface area (Å²) < 4.78 is 0. The topological polar surface area (TPSA) is 91.0 Å². The van der Waals surface area contributed by atoms with Crippen LogP contribution in [0.3, 0.4) is 0 Å². The Morgan fingerprint density at radius 3 is 2.83 bits per heavy atom. The maximum Gasteiger partial charge on any atom is 0.271 e. The third-order valence-electron chi connectivity index (χ3n) is 5.41. The van der Waals surface area contributed by atoms with Gasteiger partial charge >= 0.3 is 0 Å². The highest BCUT2D eigenvalue weighted by atomic mass is 16.2. The zero-order chi connectivity index (χ0) is 20.9. The molecule has 1 atom stereocenters. The zero-order valence-electron chi connectivity index (χ0n) is 17.0. The summed E-state index contributed by atoms with van der Waals surface area (Å²) >= 11 is 0. The second-order valence-corrected chi connectivity index (χ2v) is 7.70. The second kappa shape index (κ2) is 8.90. The van der Waals surface area contributed by atoms with E-state index in [0.29, 0.717) is 31.0 Å². The van der Waals surface area contributed by atoms with Gasteiger partial charge < -0.3 is 10.2 Å². The van der Waals surface area contributed by atoms with Crippen molar-refractivity contribution in [3.8, 4) is 11.3 Å². The molecule has 0 bridgehead atoms. The number of hydrogen-bond acceptors (Lipinski definition) is 4. The minimum absolute atomic E-state index is 0.00362. The number of aryl methyl sites for hydroxylation is 1. The van der Waals surface area contributed by atoms with Crippen molar-refractivity contribution in [3.63, 3.8) is 0 Å². The number of benzene rings is 1. The van der Waals surface area contributed by atoms with E-state index in [1.54, 1.807) is 23.4 Å². The molecule has 2 amide bonds. The zero-order valence-corrected chi connectivity index (χ0v) is 17.0. The summed E-state index contributed by atoms with van der Waals surface area (Å²) in [4.78, 5) is 31.4. The van der Waals surface area contributed by atoms with Gasteiger partial charge in [-0.15, -0.1) is 0 Å². The minimum Gasteiger partial charge on any atom is -0.352 e. The van der Waals surface area contributed by atoms with Crippen LogP contribution in [0.1, 0.15) is 34.5 Å². The molecule has 3 aromatic rings. The number of carbonyl (C=O) groups excluding carboxylic acids is 2. The number of H-pyrrole nitrogens is 1. The molecule has 1 aliphatic heterocycles. The molecule has 1 aliphatic rings. The maximum absolute atomic E-state index is 12.9. The molecule has 7 heteroatoms. The molecule has 30 heavy (non-hydrogen) atoms. The Morgan fingerprint density at radius 1 is 1.20 bits per heavy atom. The standard InChI is InChI=1S/C23H25N5O2/c1-16-4-2-5-17(12-16)14-25-22(29)19-6-3-11-28(15-19)23(30)21-13-20(26-27-21)18-7-9-24-10-8-18/h2,4-5,7-10,12-13,19H,3,6,11,14-15H2,1H3,(H,25,29)(H,26,27)/t19-/m1/s1. The number of hydrogen-bond donors (Lipinski definition) is 2. The van der Waals surface area contributed by atoms with Gasteiger partial charge in [-0.05, 0) is 43.5 Å². The lowest BCUT2D eigenvalue weighted by Crippen LogP contribution is -2.45. The minimum atomic E-state index is -0.199. The number of pyridine rings is 1. The van der Waals surface area contributed by atoms with Crippen LogP contribution in [-0.4, -0.2) is 45.0 Å². The van der Waals surface area contributed by atoms with Gasteiger partial charge in [-0.1, -0.05) is 29.8 Å². The number of rotatable bonds is 5. The lowest BCUT2D eigenvalue weighted by atomic mass is 9.96. The quantitative estimate of drug-likeness (QED) is 0.685. The van der Waals surface area contributed by atoms with E-state index < -0.39 is 0 Å². The van der Waals surface area contributed by atoms with Crippen LogP contribution < -0.4 is 5.32 Å². The third kappa shape index (κ3) is 4.56. The molecule has 154 valence electrons. The molecular formula is C23H25N5O2. The van der Waals surface area contributed by atoms with Crippen LogP contribution in [0.25, 0.3) is 11.3 Å². The van der Waals surface area contributed by atoms with Crippen molar-refractivity contribution in [2.45, 2.75) is 26.3 Å². The Bertz CT molecular complexity index is 1030. The van der Waals surface area contributed by atoms with Crippen molar-refractivity contribution in [1.82, 2.24) is 25.4 Å². The summed E-state index contributed by atoms with van der Waals surface area (Å²) in [7, 11) is 0. The number of aromatic amines is 1. The summed E-state index contributed by atoms with van der Waals surface area (Å²) in [6.45, 7) is 3.60. The predicted octanol–water partition coefficient (Wildman–Crippen LogP) is 2.95. The van der Waals surface area contributed by atoms with Crippen LogP contribution in [0.15, 0.2) is 54.9 Å². The van der Waals surface area contributed by atoms with E-state index in [1.165, 1.54) is 5.56 Å². The first-order valence-electron chi connectivity index (χ1n) is 10.2. The van der Waals surface area contributed by atoms with Gasteiger partial charge in [0.25, 0.3) is 5.91 Å². The number of likely N-dealkylation sites (tertiary alicyclic amines) is 1. The third-order valence-corrected chi connectivity index (χ3v) is 5.41. The SMILES string of the molecule is Cc1cccc(CNC(=O)[C@@H]2CCCN(C(=O)c3cc(-c4ccncc4)n[nH]3)C2)c1. The van der Waals surface area contributed by atoms with E-state index in [4.69, 9.17) is 0 Å². The average Bonchev–Trinajstić information content (AvgIpc) is 3.28. The molecule has 0 aliphatic carbocycles. The van der Waals surface area contributed by atoms with Gasteiger partial charge in [0.15, 0.2) is 0 Å². The summed E-state index contributed by atoms with van der Waals surface area (Å²) in [6.07, 6.45) is 4.97. The Balaban J connectivity index is 1.37. The first-order chi connectivity index (χ1) is 14.6. The Kier molecular flexibility index (Phi) is 5.88. The molecular weight excluding hydrogens is 378 g/mol. The second-order valence-electron chi connectivity index (χ2n) is 7.70. The normalized spacial score (nSPS) is 16.3. The number of piperidine rings is 1. The van der Waals surface area contributed by atoms with E-state index in [0.717, 1.165) is 24.0 Å². The summed E-state index contributed by atoms with van der Waals surface area (Å²) in [5.74, 6) is -0.329. The molecule has 3 heterocycles. The smallest absolute Gasteiger partial charge is 0.271 e. The van der Waals surface area contributed by atoms with Crippen LogP contribution in [0.4, 0.5) is 0 Å². The number of aromatic nitrogens is 3. The summed E-state index contributed by atoms with van der Waals surface area (Å²) in [5.41, 5.74) is 4.27. The van der Waals surface area contributed by atoms with Crippen molar-refractivity contribution < 1.29 is 9.59 Å². The van der Waals surface area contributed by atoms with Gasteiger partial charge in [0, 0.05) is 37.6 Å². The first-order valence-corrected chi connectivity index (χ1v) is 10.2. The fourth-order valence-electron chi connectivity index (χ4n) is 3.80. The molecule has 1 saturated heterocycles. The lowest BCUT2D eigenvalue weighted by molar-refractivity contribution is -0.126. The van der Waals surface area contributed by atoms with Crippen molar-refractivity contribution in [1.29, 1.82) is 0 Å². The lowest BCUT2D eigenvalue weighted by Gasteiger charge is -2.31.